The van der Waals surface area contributed by atoms with Gasteiger partial charge in [-0.25, -0.2) is 0 Å². The first kappa shape index (κ1) is 16.0. The quantitative estimate of drug-likeness (QED) is 0.830. The standard InChI is InChI=1S/C20H32N2/c1-16-15-21-13-12-20(16)18-9-7-17(8-10-18)11-14-22-19-5-3-2-4-6-19/h12-13,15,17-19,22H,2-11,14H2,1H3. The van der Waals surface area contributed by atoms with Crippen LogP contribution in [-0.4, -0.2) is 17.6 Å². The fraction of sp³-hybridized carbons (Fsp3) is 0.750. The Morgan fingerprint density at radius 2 is 1.82 bits per heavy atom. The van der Waals surface area contributed by atoms with Gasteiger partial charge in [0.15, 0.2) is 0 Å². The van der Waals surface area contributed by atoms with Gasteiger partial charge in [-0.1, -0.05) is 19.3 Å². The number of rotatable bonds is 5. The Labute approximate surface area is 136 Å². The van der Waals surface area contributed by atoms with E-state index in [0.717, 1.165) is 17.9 Å². The molecular formula is C20H32N2. The first-order valence-electron chi connectivity index (χ1n) is 9.47. The normalized spacial score (nSPS) is 27.0. The fourth-order valence-corrected chi connectivity index (χ4v) is 4.50. The molecule has 22 heavy (non-hydrogen) atoms. The largest absolute Gasteiger partial charge is 0.314 e. The van der Waals surface area contributed by atoms with Crippen LogP contribution in [0.4, 0.5) is 0 Å². The summed E-state index contributed by atoms with van der Waals surface area (Å²) in [6.45, 7) is 3.46. The van der Waals surface area contributed by atoms with Gasteiger partial charge >= 0.3 is 0 Å². The van der Waals surface area contributed by atoms with Crippen molar-refractivity contribution in [3.8, 4) is 0 Å². The predicted octanol–water partition coefficient (Wildman–Crippen LogP) is 4.98. The molecule has 0 saturated heterocycles. The van der Waals surface area contributed by atoms with Crippen LogP contribution >= 0.6 is 0 Å². The summed E-state index contributed by atoms with van der Waals surface area (Å²) in [5.41, 5.74) is 2.93. The molecule has 0 aliphatic heterocycles. The van der Waals surface area contributed by atoms with Crippen molar-refractivity contribution in [3.63, 3.8) is 0 Å². The van der Waals surface area contributed by atoms with Crippen molar-refractivity contribution >= 4 is 0 Å². The Hall–Kier alpha value is -0.890. The molecule has 0 unspecified atom stereocenters. The highest BCUT2D eigenvalue weighted by atomic mass is 14.9. The first-order valence-corrected chi connectivity index (χ1v) is 9.47. The average Bonchev–Trinajstić information content (AvgIpc) is 2.57. The number of pyridine rings is 1. The second kappa shape index (κ2) is 8.10. The molecule has 2 heteroatoms. The average molecular weight is 300 g/mol. The van der Waals surface area contributed by atoms with Gasteiger partial charge in [0, 0.05) is 18.4 Å². The molecule has 1 heterocycles. The topological polar surface area (TPSA) is 24.9 Å². The van der Waals surface area contributed by atoms with Gasteiger partial charge in [-0.05, 0) is 87.4 Å². The molecule has 2 nitrogen and oxygen atoms in total. The van der Waals surface area contributed by atoms with Crippen LogP contribution < -0.4 is 5.32 Å². The van der Waals surface area contributed by atoms with E-state index in [1.807, 2.05) is 12.4 Å². The summed E-state index contributed by atoms with van der Waals surface area (Å²) in [7, 11) is 0. The molecule has 0 amide bonds. The molecule has 0 spiro atoms. The molecule has 0 aromatic carbocycles. The molecule has 0 radical (unpaired) electrons. The molecule has 1 aromatic heterocycles. The lowest BCUT2D eigenvalue weighted by Gasteiger charge is -2.30. The van der Waals surface area contributed by atoms with Gasteiger partial charge in [0.2, 0.25) is 0 Å². The maximum Gasteiger partial charge on any atom is 0.0299 e. The zero-order chi connectivity index (χ0) is 15.2. The SMILES string of the molecule is Cc1cnccc1C1CCC(CCNC2CCCCC2)CC1. The summed E-state index contributed by atoms with van der Waals surface area (Å²) < 4.78 is 0. The van der Waals surface area contributed by atoms with Crippen molar-refractivity contribution in [2.24, 2.45) is 5.92 Å². The van der Waals surface area contributed by atoms with Gasteiger partial charge in [-0.3, -0.25) is 4.98 Å². The van der Waals surface area contributed by atoms with E-state index in [1.54, 1.807) is 5.56 Å². The molecule has 2 aliphatic rings. The highest BCUT2D eigenvalue weighted by Crippen LogP contribution is 2.37. The van der Waals surface area contributed by atoms with E-state index in [4.69, 9.17) is 0 Å². The van der Waals surface area contributed by atoms with E-state index < -0.39 is 0 Å². The Morgan fingerprint density at radius 3 is 2.55 bits per heavy atom. The molecule has 122 valence electrons. The lowest BCUT2D eigenvalue weighted by Crippen LogP contribution is -2.32. The third-order valence-corrected chi connectivity index (χ3v) is 5.94. The molecule has 2 fully saturated rings. The van der Waals surface area contributed by atoms with E-state index in [9.17, 15) is 0 Å². The maximum absolute atomic E-state index is 4.23. The van der Waals surface area contributed by atoms with Crippen molar-refractivity contribution < 1.29 is 0 Å². The van der Waals surface area contributed by atoms with Crippen LogP contribution in [0.15, 0.2) is 18.5 Å². The Bertz CT molecular complexity index is 443. The van der Waals surface area contributed by atoms with Crippen molar-refractivity contribution in [3.05, 3.63) is 29.6 Å². The molecule has 1 N–H and O–H groups in total. The van der Waals surface area contributed by atoms with Crippen LogP contribution in [0.3, 0.4) is 0 Å². The summed E-state index contributed by atoms with van der Waals surface area (Å²) in [6.07, 6.45) is 18.1. The molecule has 2 saturated carbocycles. The Morgan fingerprint density at radius 1 is 1.05 bits per heavy atom. The van der Waals surface area contributed by atoms with Crippen molar-refractivity contribution in [2.45, 2.75) is 83.1 Å². The Kier molecular flexibility index (Phi) is 5.89. The summed E-state index contributed by atoms with van der Waals surface area (Å²) >= 11 is 0. The maximum atomic E-state index is 4.23. The number of aromatic nitrogens is 1. The summed E-state index contributed by atoms with van der Waals surface area (Å²) in [6, 6.07) is 3.06. The van der Waals surface area contributed by atoms with E-state index in [2.05, 4.69) is 23.3 Å². The van der Waals surface area contributed by atoms with E-state index >= 15 is 0 Å². The molecule has 2 aliphatic carbocycles. The second-order valence-corrected chi connectivity index (χ2v) is 7.53. The van der Waals surface area contributed by atoms with E-state index in [1.165, 1.54) is 76.3 Å². The van der Waals surface area contributed by atoms with Gasteiger partial charge in [0.1, 0.15) is 0 Å². The third kappa shape index (κ3) is 4.32. The van der Waals surface area contributed by atoms with Crippen molar-refractivity contribution in [2.75, 3.05) is 6.54 Å². The van der Waals surface area contributed by atoms with Crippen LogP contribution in [-0.2, 0) is 0 Å². The number of hydrogen-bond donors (Lipinski definition) is 1. The fourth-order valence-electron chi connectivity index (χ4n) is 4.50. The minimum Gasteiger partial charge on any atom is -0.314 e. The van der Waals surface area contributed by atoms with Crippen LogP contribution in [0.25, 0.3) is 0 Å². The van der Waals surface area contributed by atoms with E-state index in [0.29, 0.717) is 0 Å². The van der Waals surface area contributed by atoms with Crippen molar-refractivity contribution in [1.82, 2.24) is 10.3 Å². The van der Waals surface area contributed by atoms with Gasteiger partial charge in [0.05, 0.1) is 0 Å². The number of hydrogen-bond acceptors (Lipinski definition) is 2. The van der Waals surface area contributed by atoms with Crippen LogP contribution in [0.1, 0.15) is 81.3 Å². The lowest BCUT2D eigenvalue weighted by molar-refractivity contribution is 0.292. The van der Waals surface area contributed by atoms with Crippen LogP contribution in [0, 0.1) is 12.8 Å². The Balaban J connectivity index is 1.37. The van der Waals surface area contributed by atoms with Gasteiger partial charge in [-0.2, -0.15) is 0 Å². The van der Waals surface area contributed by atoms with Crippen LogP contribution in [0.5, 0.6) is 0 Å². The van der Waals surface area contributed by atoms with Gasteiger partial charge in [-0.15, -0.1) is 0 Å². The number of nitrogens with zero attached hydrogens (tertiary/aromatic N) is 1. The zero-order valence-corrected chi connectivity index (χ0v) is 14.2. The van der Waals surface area contributed by atoms with E-state index in [-0.39, 0.29) is 0 Å². The van der Waals surface area contributed by atoms with Gasteiger partial charge < -0.3 is 5.32 Å². The number of aryl methyl sites for hydroxylation is 1. The smallest absolute Gasteiger partial charge is 0.0299 e. The minimum atomic E-state index is 0.783. The second-order valence-electron chi connectivity index (χ2n) is 7.53. The molecule has 3 rings (SSSR count). The summed E-state index contributed by atoms with van der Waals surface area (Å²) in [5, 5.41) is 3.81. The highest BCUT2D eigenvalue weighted by molar-refractivity contribution is 5.26. The summed E-state index contributed by atoms with van der Waals surface area (Å²) in [4.78, 5) is 4.23. The molecule has 0 bridgehead atoms. The lowest BCUT2D eigenvalue weighted by atomic mass is 9.77. The minimum absolute atomic E-state index is 0.783. The van der Waals surface area contributed by atoms with Gasteiger partial charge in [0.25, 0.3) is 0 Å². The molecular weight excluding hydrogens is 268 g/mol. The van der Waals surface area contributed by atoms with Crippen molar-refractivity contribution in [1.29, 1.82) is 0 Å². The first-order chi connectivity index (χ1) is 10.8. The van der Waals surface area contributed by atoms with Crippen LogP contribution in [0.2, 0.25) is 0 Å². The predicted molar refractivity (Wildman–Crippen MR) is 93.2 cm³/mol. The number of nitrogens with one attached hydrogen (secondary N) is 1. The monoisotopic (exact) mass is 300 g/mol. The molecule has 1 aromatic rings. The molecule has 0 atom stereocenters. The zero-order valence-electron chi connectivity index (χ0n) is 14.2. The summed E-state index contributed by atoms with van der Waals surface area (Å²) in [5.74, 6) is 1.74. The highest BCUT2D eigenvalue weighted by Gasteiger charge is 2.23. The third-order valence-electron chi connectivity index (χ3n) is 5.94.